The van der Waals surface area contributed by atoms with Gasteiger partial charge in [-0.1, -0.05) is 18.2 Å². The lowest BCUT2D eigenvalue weighted by Crippen LogP contribution is -2.60. The van der Waals surface area contributed by atoms with Crippen LogP contribution in [0.5, 0.6) is 0 Å². The van der Waals surface area contributed by atoms with Crippen molar-refractivity contribution in [3.05, 3.63) is 70.0 Å². The molecular weight excluding hydrogens is 503 g/mol. The lowest BCUT2D eigenvalue weighted by atomic mass is 10.0. The topological polar surface area (TPSA) is 109 Å². The number of carbonyl (C=O) groups is 2. The molecule has 3 aliphatic heterocycles. The van der Waals surface area contributed by atoms with E-state index in [1.165, 1.54) is 17.0 Å². The van der Waals surface area contributed by atoms with E-state index in [1.54, 1.807) is 18.2 Å². The van der Waals surface area contributed by atoms with Crippen molar-refractivity contribution < 1.29 is 18.7 Å². The number of likely N-dealkylation sites (tertiary alicyclic amines) is 1. The van der Waals surface area contributed by atoms with Crippen molar-refractivity contribution in [3.8, 4) is 0 Å². The molecule has 3 aliphatic rings. The number of benzene rings is 2. The largest absolute Gasteiger partial charge is 0.380 e. The van der Waals surface area contributed by atoms with Crippen molar-refractivity contribution in [1.82, 2.24) is 24.7 Å². The maximum Gasteiger partial charge on any atom is 0.264 e. The molecule has 2 aromatic carbocycles. The number of fused-ring (bicyclic) bond motifs is 1. The Morgan fingerprint density at radius 3 is 2.69 bits per heavy atom. The highest BCUT2D eigenvalue weighted by molar-refractivity contribution is 5.99. The van der Waals surface area contributed by atoms with Crippen LogP contribution < -0.4 is 16.2 Å². The van der Waals surface area contributed by atoms with Gasteiger partial charge in [0.2, 0.25) is 11.8 Å². The molecular formula is C28H31FN6O4. The third-order valence-corrected chi connectivity index (χ3v) is 7.85. The quantitative estimate of drug-likeness (QED) is 0.441. The van der Waals surface area contributed by atoms with Gasteiger partial charge in [0.1, 0.15) is 11.9 Å². The summed E-state index contributed by atoms with van der Waals surface area (Å²) in [4.78, 5) is 46.3. The van der Waals surface area contributed by atoms with Gasteiger partial charge >= 0.3 is 0 Å². The van der Waals surface area contributed by atoms with Crippen LogP contribution in [0.4, 0.5) is 10.1 Å². The van der Waals surface area contributed by atoms with Gasteiger partial charge in [-0.2, -0.15) is 0 Å². The second-order valence-corrected chi connectivity index (χ2v) is 10.4. The number of amides is 2. The van der Waals surface area contributed by atoms with E-state index in [-0.39, 0.29) is 30.1 Å². The number of nitrogens with zero attached hydrogens (tertiary/aromatic N) is 4. The van der Waals surface area contributed by atoms with Gasteiger partial charge in [-0.05, 0) is 30.2 Å². The molecule has 3 fully saturated rings. The Bertz CT molecular complexity index is 1460. The first-order valence-electron chi connectivity index (χ1n) is 13.3. The number of imide groups is 1. The van der Waals surface area contributed by atoms with Crippen LogP contribution in [-0.4, -0.2) is 76.6 Å². The van der Waals surface area contributed by atoms with Gasteiger partial charge < -0.3 is 10.1 Å². The summed E-state index contributed by atoms with van der Waals surface area (Å²) in [6, 6.07) is 10.3. The van der Waals surface area contributed by atoms with E-state index in [2.05, 4.69) is 25.4 Å². The fraction of sp³-hybridized carbons (Fsp3) is 0.429. The second-order valence-electron chi connectivity index (χ2n) is 10.4. The van der Waals surface area contributed by atoms with Crippen molar-refractivity contribution >= 4 is 28.4 Å². The Morgan fingerprint density at radius 1 is 1.10 bits per heavy atom. The fourth-order valence-electron chi connectivity index (χ4n) is 5.61. The zero-order chi connectivity index (χ0) is 26.9. The number of carbonyl (C=O) groups excluding carboxylic acids is 2. The number of morpholine rings is 1. The number of rotatable bonds is 7. The number of hydrogen-bond donors (Lipinski definition) is 2. The number of aromatic nitrogens is 2. The molecule has 2 amide bonds. The second kappa shape index (κ2) is 10.8. The van der Waals surface area contributed by atoms with Crippen molar-refractivity contribution in [1.29, 1.82) is 0 Å². The molecule has 39 heavy (non-hydrogen) atoms. The van der Waals surface area contributed by atoms with Gasteiger partial charge in [0.15, 0.2) is 0 Å². The summed E-state index contributed by atoms with van der Waals surface area (Å²) in [7, 11) is 0. The lowest BCUT2D eigenvalue weighted by molar-refractivity contribution is -0.135. The highest BCUT2D eigenvalue weighted by atomic mass is 19.1. The highest BCUT2D eigenvalue weighted by Gasteiger charge is 2.33. The molecule has 3 aromatic rings. The molecule has 0 bridgehead atoms. The first-order chi connectivity index (χ1) is 19.0. The van der Waals surface area contributed by atoms with Crippen molar-refractivity contribution in [2.45, 2.75) is 38.0 Å². The van der Waals surface area contributed by atoms with E-state index >= 15 is 0 Å². The molecule has 1 aromatic heterocycles. The molecule has 1 atom stereocenters. The number of nitrogens with one attached hydrogen (secondary N) is 2. The molecule has 6 rings (SSSR count). The molecule has 0 radical (unpaired) electrons. The van der Waals surface area contributed by atoms with Crippen LogP contribution in [0.3, 0.4) is 0 Å². The zero-order valence-electron chi connectivity index (χ0n) is 21.6. The third kappa shape index (κ3) is 5.29. The smallest absolute Gasteiger partial charge is 0.264 e. The number of halogens is 1. The monoisotopic (exact) mass is 534 g/mol. The predicted molar refractivity (Wildman–Crippen MR) is 143 cm³/mol. The average molecular weight is 535 g/mol. The SMILES string of the molecule is O=C1CCC(n2cnc3cccc(NCc4ccc(CN5CC(N6CCOCC6)C5)c(F)c4)c3c2=O)C(=O)N1. The first kappa shape index (κ1) is 25.6. The molecule has 2 N–H and O–H groups in total. The van der Waals surface area contributed by atoms with Crippen LogP contribution in [0, 0.1) is 5.82 Å². The first-order valence-corrected chi connectivity index (χ1v) is 13.3. The summed E-state index contributed by atoms with van der Waals surface area (Å²) in [5.74, 6) is -1.10. The molecule has 0 spiro atoms. The minimum Gasteiger partial charge on any atom is -0.380 e. The van der Waals surface area contributed by atoms with Crippen molar-refractivity contribution in [2.75, 3.05) is 44.7 Å². The van der Waals surface area contributed by atoms with E-state index in [4.69, 9.17) is 4.74 Å². The number of piperidine rings is 1. The summed E-state index contributed by atoms with van der Waals surface area (Å²) in [5.41, 5.74) is 2.08. The van der Waals surface area contributed by atoms with E-state index in [9.17, 15) is 18.8 Å². The number of ether oxygens (including phenoxy) is 1. The maximum absolute atomic E-state index is 15.0. The van der Waals surface area contributed by atoms with Crippen LogP contribution in [0.1, 0.15) is 30.0 Å². The average Bonchev–Trinajstić information content (AvgIpc) is 2.91. The molecule has 0 saturated carbocycles. The standard InChI is InChI=1S/C28H31FN6O4/c29-21-12-18(4-5-19(21)14-33-15-20(16-33)34-8-10-39-11-9-34)13-30-22-2-1-3-23-26(22)28(38)35(17-31-23)24-6-7-25(36)32-27(24)37/h1-5,12,17,20,24,30H,6-11,13-16H2,(H,32,36,37). The van der Waals surface area contributed by atoms with Crippen LogP contribution in [0.2, 0.25) is 0 Å². The van der Waals surface area contributed by atoms with Gasteiger partial charge in [-0.15, -0.1) is 0 Å². The highest BCUT2D eigenvalue weighted by Crippen LogP contribution is 2.24. The Kier molecular flexibility index (Phi) is 7.11. The zero-order valence-corrected chi connectivity index (χ0v) is 21.6. The minimum atomic E-state index is -0.794. The summed E-state index contributed by atoms with van der Waals surface area (Å²) in [6.07, 6.45) is 1.75. The Hall–Kier alpha value is -3.67. The summed E-state index contributed by atoms with van der Waals surface area (Å²) < 4.78 is 21.7. The van der Waals surface area contributed by atoms with E-state index in [0.29, 0.717) is 41.3 Å². The van der Waals surface area contributed by atoms with Gasteiger partial charge in [0.25, 0.3) is 5.56 Å². The van der Waals surface area contributed by atoms with Crippen LogP contribution in [-0.2, 0) is 27.4 Å². The van der Waals surface area contributed by atoms with Gasteiger partial charge in [0.05, 0.1) is 30.4 Å². The van der Waals surface area contributed by atoms with E-state index in [0.717, 1.165) is 45.0 Å². The van der Waals surface area contributed by atoms with E-state index in [1.807, 2.05) is 12.1 Å². The molecule has 0 aliphatic carbocycles. The fourth-order valence-corrected chi connectivity index (χ4v) is 5.61. The molecule has 3 saturated heterocycles. The molecule has 4 heterocycles. The summed E-state index contributed by atoms with van der Waals surface area (Å²) >= 11 is 0. The lowest BCUT2D eigenvalue weighted by Gasteiger charge is -2.46. The molecule has 1 unspecified atom stereocenters. The van der Waals surface area contributed by atoms with Gasteiger partial charge in [-0.25, -0.2) is 9.37 Å². The normalized spacial score (nSPS) is 21.1. The number of hydrogen-bond acceptors (Lipinski definition) is 8. The van der Waals surface area contributed by atoms with Crippen molar-refractivity contribution in [2.24, 2.45) is 0 Å². The summed E-state index contributed by atoms with van der Waals surface area (Å²) in [6.45, 7) is 6.26. The third-order valence-electron chi connectivity index (χ3n) is 7.85. The predicted octanol–water partition coefficient (Wildman–Crippen LogP) is 1.64. The molecule has 10 nitrogen and oxygen atoms in total. The van der Waals surface area contributed by atoms with Gasteiger partial charge in [-0.3, -0.25) is 34.1 Å². The Balaban J connectivity index is 1.12. The molecule has 204 valence electrons. The van der Waals surface area contributed by atoms with Crippen LogP contribution in [0.25, 0.3) is 10.9 Å². The number of anilines is 1. The Labute approximate surface area is 224 Å². The molecule has 11 heteroatoms. The van der Waals surface area contributed by atoms with E-state index < -0.39 is 11.9 Å². The Morgan fingerprint density at radius 2 is 1.92 bits per heavy atom. The van der Waals surface area contributed by atoms with Gasteiger partial charge in [0, 0.05) is 63.0 Å². The summed E-state index contributed by atoms with van der Waals surface area (Å²) in [5, 5.41) is 5.87. The maximum atomic E-state index is 15.0. The van der Waals surface area contributed by atoms with Crippen molar-refractivity contribution in [3.63, 3.8) is 0 Å². The van der Waals surface area contributed by atoms with Crippen LogP contribution >= 0.6 is 0 Å². The minimum absolute atomic E-state index is 0.161. The van der Waals surface area contributed by atoms with Crippen LogP contribution in [0.15, 0.2) is 47.5 Å².